The first-order chi connectivity index (χ1) is 6.43. The highest BCUT2D eigenvalue weighted by molar-refractivity contribution is 6.40. The van der Waals surface area contributed by atoms with Crippen LogP contribution in [0.25, 0.3) is 0 Å². The highest BCUT2D eigenvalue weighted by Gasteiger charge is 2.26. The molecule has 0 aromatic carbocycles. The molecule has 0 atom stereocenters. The lowest BCUT2D eigenvalue weighted by atomic mass is 10.2. The lowest BCUT2D eigenvalue weighted by Crippen LogP contribution is -2.14. The highest BCUT2D eigenvalue weighted by atomic mass is 19.3. The van der Waals surface area contributed by atoms with Gasteiger partial charge >= 0.3 is 5.97 Å². The van der Waals surface area contributed by atoms with Gasteiger partial charge in [-0.2, -0.15) is 5.10 Å². The van der Waals surface area contributed by atoms with Crippen LogP contribution in [0.3, 0.4) is 0 Å². The van der Waals surface area contributed by atoms with Gasteiger partial charge in [-0.15, -0.1) is 0 Å². The van der Waals surface area contributed by atoms with Crippen molar-refractivity contribution in [2.75, 3.05) is 0 Å². The van der Waals surface area contributed by atoms with E-state index in [0.29, 0.717) is 0 Å². The predicted octanol–water partition coefficient (Wildman–Crippen LogP) is 0.625. The van der Waals surface area contributed by atoms with Gasteiger partial charge in [-0.3, -0.25) is 9.48 Å². The molecule has 1 aromatic heterocycles. The van der Waals surface area contributed by atoms with Crippen molar-refractivity contribution >= 4 is 11.8 Å². The number of carbonyl (C=O) groups is 2. The minimum Gasteiger partial charge on any atom is -0.475 e. The fourth-order valence-corrected chi connectivity index (χ4v) is 0.957. The van der Waals surface area contributed by atoms with E-state index in [1.807, 2.05) is 0 Å². The lowest BCUT2D eigenvalue weighted by molar-refractivity contribution is -0.131. The Bertz CT molecular complexity index is 386. The standard InChI is InChI=1S/C7H6F2N2O3/c1-11-2-3(5(12)7(13)14)4(10-11)6(8)9/h2,6H,1H3,(H,13,14). The quantitative estimate of drug-likeness (QED) is 0.578. The summed E-state index contributed by atoms with van der Waals surface area (Å²) in [5.74, 6) is -3.16. The Hall–Kier alpha value is -1.79. The maximum Gasteiger partial charge on any atom is 0.377 e. The topological polar surface area (TPSA) is 72.2 Å². The fourth-order valence-electron chi connectivity index (χ4n) is 0.957. The molecule has 76 valence electrons. The van der Waals surface area contributed by atoms with Crippen molar-refractivity contribution < 1.29 is 23.5 Å². The summed E-state index contributed by atoms with van der Waals surface area (Å²) in [6.07, 6.45) is -2.01. The van der Waals surface area contributed by atoms with Crippen molar-refractivity contribution in [3.63, 3.8) is 0 Å². The molecule has 0 saturated carbocycles. The molecule has 0 fully saturated rings. The Morgan fingerprint density at radius 3 is 2.57 bits per heavy atom. The normalized spacial score (nSPS) is 10.6. The number of hydrogen-bond donors (Lipinski definition) is 1. The first-order valence-electron chi connectivity index (χ1n) is 3.52. The molecule has 1 heterocycles. The average molecular weight is 204 g/mol. The molecule has 1 N–H and O–H groups in total. The largest absolute Gasteiger partial charge is 0.475 e. The van der Waals surface area contributed by atoms with E-state index in [0.717, 1.165) is 10.9 Å². The molecule has 0 aliphatic carbocycles. The SMILES string of the molecule is Cn1cc(C(=O)C(=O)O)c(C(F)F)n1. The Kier molecular flexibility index (Phi) is 2.59. The maximum atomic E-state index is 12.2. The molecule has 0 radical (unpaired) electrons. The summed E-state index contributed by atoms with van der Waals surface area (Å²) in [5, 5.41) is 11.6. The van der Waals surface area contributed by atoms with Crippen LogP contribution in [0.5, 0.6) is 0 Å². The number of aryl methyl sites for hydroxylation is 1. The molecule has 0 saturated heterocycles. The second-order valence-corrected chi connectivity index (χ2v) is 2.54. The van der Waals surface area contributed by atoms with Crippen LogP contribution >= 0.6 is 0 Å². The van der Waals surface area contributed by atoms with Gasteiger partial charge in [-0.1, -0.05) is 0 Å². The Morgan fingerprint density at radius 1 is 1.57 bits per heavy atom. The molecule has 5 nitrogen and oxygen atoms in total. The molecule has 14 heavy (non-hydrogen) atoms. The molecule has 0 bridgehead atoms. The van der Waals surface area contributed by atoms with Gasteiger partial charge in [-0.05, 0) is 0 Å². The molecular weight excluding hydrogens is 198 g/mol. The molecule has 0 aliphatic heterocycles. The number of Topliss-reactive ketones (excluding diaryl/α,β-unsaturated/α-hetero) is 1. The summed E-state index contributed by atoms with van der Waals surface area (Å²) in [6.45, 7) is 0. The number of rotatable bonds is 3. The van der Waals surface area contributed by atoms with E-state index in [4.69, 9.17) is 5.11 Å². The molecular formula is C7H6F2N2O3. The van der Waals surface area contributed by atoms with E-state index in [1.54, 1.807) is 0 Å². The number of carboxylic acid groups (broad SMARTS) is 1. The molecule has 0 amide bonds. The third kappa shape index (κ3) is 1.76. The van der Waals surface area contributed by atoms with E-state index in [1.165, 1.54) is 7.05 Å². The number of aliphatic carboxylic acids is 1. The number of hydrogen-bond acceptors (Lipinski definition) is 3. The van der Waals surface area contributed by atoms with E-state index in [-0.39, 0.29) is 0 Å². The first-order valence-corrected chi connectivity index (χ1v) is 3.52. The van der Waals surface area contributed by atoms with Crippen LogP contribution in [-0.4, -0.2) is 26.6 Å². The molecule has 1 aromatic rings. The van der Waals surface area contributed by atoms with Crippen LogP contribution in [0, 0.1) is 0 Å². The Labute approximate surface area is 76.9 Å². The van der Waals surface area contributed by atoms with E-state index in [9.17, 15) is 18.4 Å². The van der Waals surface area contributed by atoms with E-state index in [2.05, 4.69) is 5.10 Å². The number of carbonyl (C=O) groups excluding carboxylic acids is 1. The number of ketones is 1. The Morgan fingerprint density at radius 2 is 2.14 bits per heavy atom. The van der Waals surface area contributed by atoms with Gasteiger partial charge in [0.1, 0.15) is 5.69 Å². The summed E-state index contributed by atoms with van der Waals surface area (Å²) < 4.78 is 25.5. The van der Waals surface area contributed by atoms with Crippen LogP contribution in [0.1, 0.15) is 22.5 Å². The van der Waals surface area contributed by atoms with E-state index >= 15 is 0 Å². The highest BCUT2D eigenvalue weighted by Crippen LogP contribution is 2.21. The smallest absolute Gasteiger partial charge is 0.377 e. The second kappa shape index (κ2) is 3.52. The monoisotopic (exact) mass is 204 g/mol. The van der Waals surface area contributed by atoms with Crippen molar-refractivity contribution in [3.05, 3.63) is 17.5 Å². The van der Waals surface area contributed by atoms with Crippen LogP contribution in [0.2, 0.25) is 0 Å². The molecule has 0 spiro atoms. The van der Waals surface area contributed by atoms with Crippen LogP contribution < -0.4 is 0 Å². The lowest BCUT2D eigenvalue weighted by Gasteiger charge is -1.95. The van der Waals surface area contributed by atoms with E-state index < -0.39 is 29.4 Å². The minimum absolute atomic E-state index is 0.574. The second-order valence-electron chi connectivity index (χ2n) is 2.54. The number of carboxylic acids is 1. The Balaban J connectivity index is 3.19. The number of aromatic nitrogens is 2. The predicted molar refractivity (Wildman–Crippen MR) is 40.1 cm³/mol. The zero-order valence-corrected chi connectivity index (χ0v) is 7.07. The van der Waals surface area contributed by atoms with Crippen molar-refractivity contribution in [2.45, 2.75) is 6.43 Å². The molecule has 1 rings (SSSR count). The zero-order chi connectivity index (χ0) is 10.9. The minimum atomic E-state index is -2.96. The summed E-state index contributed by atoms with van der Waals surface area (Å²) >= 11 is 0. The van der Waals surface area contributed by atoms with Crippen LogP contribution in [0.15, 0.2) is 6.20 Å². The van der Waals surface area contributed by atoms with Gasteiger partial charge < -0.3 is 5.11 Å². The molecule has 7 heteroatoms. The summed E-state index contributed by atoms with van der Waals surface area (Å²) in [4.78, 5) is 21.1. The van der Waals surface area contributed by atoms with Crippen molar-refractivity contribution in [2.24, 2.45) is 7.05 Å². The number of nitrogens with zero attached hydrogens (tertiary/aromatic N) is 2. The summed E-state index contributed by atoms with van der Waals surface area (Å²) in [5.41, 5.74) is -1.38. The fraction of sp³-hybridized carbons (Fsp3) is 0.286. The average Bonchev–Trinajstić information content (AvgIpc) is 2.45. The van der Waals surface area contributed by atoms with Crippen molar-refractivity contribution in [1.82, 2.24) is 9.78 Å². The van der Waals surface area contributed by atoms with Gasteiger partial charge in [0.15, 0.2) is 0 Å². The van der Waals surface area contributed by atoms with Crippen LogP contribution in [0.4, 0.5) is 8.78 Å². The van der Waals surface area contributed by atoms with Crippen LogP contribution in [-0.2, 0) is 11.8 Å². The first kappa shape index (κ1) is 10.3. The van der Waals surface area contributed by atoms with Gasteiger partial charge in [0.2, 0.25) is 0 Å². The maximum absolute atomic E-state index is 12.2. The zero-order valence-electron chi connectivity index (χ0n) is 7.07. The number of alkyl halides is 2. The third-order valence-electron chi connectivity index (χ3n) is 1.50. The van der Waals surface area contributed by atoms with Gasteiger partial charge in [0, 0.05) is 13.2 Å². The van der Waals surface area contributed by atoms with Gasteiger partial charge in [-0.25, -0.2) is 13.6 Å². The van der Waals surface area contributed by atoms with Gasteiger partial charge in [0.05, 0.1) is 5.56 Å². The summed E-state index contributed by atoms with van der Waals surface area (Å²) in [7, 11) is 1.32. The number of halogens is 2. The third-order valence-corrected chi connectivity index (χ3v) is 1.50. The van der Waals surface area contributed by atoms with Gasteiger partial charge in [0.25, 0.3) is 12.2 Å². The van der Waals surface area contributed by atoms with Crippen molar-refractivity contribution in [1.29, 1.82) is 0 Å². The molecule has 0 unspecified atom stereocenters. The summed E-state index contributed by atoms with van der Waals surface area (Å²) in [6, 6.07) is 0. The van der Waals surface area contributed by atoms with Crippen molar-refractivity contribution in [3.8, 4) is 0 Å². The molecule has 0 aliphatic rings.